The van der Waals surface area contributed by atoms with Gasteiger partial charge in [-0.15, -0.1) is 0 Å². The Hall–Kier alpha value is -1.86. The summed E-state index contributed by atoms with van der Waals surface area (Å²) in [5.41, 5.74) is 6.84. The lowest BCUT2D eigenvalue weighted by molar-refractivity contribution is 0.579. The number of anilines is 1. The molecule has 2 rings (SSSR count). The molecule has 0 bridgehead atoms. The van der Waals surface area contributed by atoms with Crippen molar-refractivity contribution >= 4 is 15.7 Å². The van der Waals surface area contributed by atoms with Crippen molar-refractivity contribution in [2.75, 3.05) is 12.3 Å². The van der Waals surface area contributed by atoms with Gasteiger partial charge in [-0.2, -0.15) is 0 Å². The minimum Gasteiger partial charge on any atom is -0.398 e. The van der Waals surface area contributed by atoms with E-state index < -0.39 is 10.0 Å². The quantitative estimate of drug-likeness (QED) is 0.766. The zero-order valence-electron chi connectivity index (χ0n) is 11.3. The van der Waals surface area contributed by atoms with Crippen LogP contribution in [0.2, 0.25) is 0 Å². The van der Waals surface area contributed by atoms with Gasteiger partial charge < -0.3 is 10.3 Å². The summed E-state index contributed by atoms with van der Waals surface area (Å²) in [4.78, 5) is 4.14. The van der Waals surface area contributed by atoms with E-state index in [1.807, 2.05) is 17.8 Å². The molecule has 0 fully saturated rings. The van der Waals surface area contributed by atoms with E-state index in [2.05, 4.69) is 9.71 Å². The number of imidazole rings is 1. The first-order chi connectivity index (χ1) is 9.48. The van der Waals surface area contributed by atoms with Crippen molar-refractivity contribution < 1.29 is 8.42 Å². The summed E-state index contributed by atoms with van der Waals surface area (Å²) in [5, 5.41) is 0. The number of sulfonamides is 1. The third kappa shape index (κ3) is 3.82. The number of nitrogen functional groups attached to an aromatic ring is 1. The van der Waals surface area contributed by atoms with Gasteiger partial charge in [0.25, 0.3) is 0 Å². The fraction of sp³-hybridized carbons (Fsp3) is 0.308. The average Bonchev–Trinajstić information content (AvgIpc) is 2.78. The molecule has 3 N–H and O–H groups in total. The molecule has 7 heteroatoms. The molecule has 0 saturated carbocycles. The van der Waals surface area contributed by atoms with Gasteiger partial charge in [0.15, 0.2) is 0 Å². The van der Waals surface area contributed by atoms with Crippen LogP contribution in [0.1, 0.15) is 11.4 Å². The van der Waals surface area contributed by atoms with E-state index in [9.17, 15) is 8.42 Å². The Morgan fingerprint density at radius 3 is 2.75 bits per heavy atom. The smallest absolute Gasteiger partial charge is 0.215 e. The Bertz CT molecular complexity index is 679. The van der Waals surface area contributed by atoms with Gasteiger partial charge in [0, 0.05) is 38.1 Å². The van der Waals surface area contributed by atoms with E-state index >= 15 is 0 Å². The van der Waals surface area contributed by atoms with Crippen LogP contribution in [0.15, 0.2) is 36.7 Å². The van der Waals surface area contributed by atoms with Crippen LogP contribution in [0.4, 0.5) is 5.69 Å². The Morgan fingerprint density at radius 2 is 2.10 bits per heavy atom. The van der Waals surface area contributed by atoms with Crippen molar-refractivity contribution in [3.63, 3.8) is 0 Å². The fourth-order valence-electron chi connectivity index (χ4n) is 1.88. The van der Waals surface area contributed by atoms with Crippen LogP contribution < -0.4 is 10.5 Å². The zero-order chi connectivity index (χ0) is 14.6. The summed E-state index contributed by atoms with van der Waals surface area (Å²) in [6.45, 7) is 0.319. The molecule has 0 unspecified atom stereocenters. The Morgan fingerprint density at radius 1 is 1.35 bits per heavy atom. The van der Waals surface area contributed by atoms with E-state index in [1.165, 1.54) is 0 Å². The Balaban J connectivity index is 1.92. The number of nitrogens with one attached hydrogen (secondary N) is 1. The Labute approximate surface area is 118 Å². The Kier molecular flexibility index (Phi) is 4.41. The molecule has 0 amide bonds. The molecular formula is C13H18N4O2S. The lowest BCUT2D eigenvalue weighted by Gasteiger charge is -2.08. The summed E-state index contributed by atoms with van der Waals surface area (Å²) in [7, 11) is -1.51. The minimum absolute atomic E-state index is 0.111. The number of nitrogens with two attached hydrogens (primary N) is 1. The highest BCUT2D eigenvalue weighted by Crippen LogP contribution is 2.13. The number of hydrogen-bond donors (Lipinski definition) is 2. The van der Waals surface area contributed by atoms with Gasteiger partial charge in [0.05, 0.1) is 5.75 Å². The number of aryl methyl sites for hydroxylation is 1. The van der Waals surface area contributed by atoms with Crippen LogP contribution in [0, 0.1) is 0 Å². The van der Waals surface area contributed by atoms with Gasteiger partial charge in [-0.25, -0.2) is 18.1 Å². The minimum atomic E-state index is -3.39. The first-order valence-electron chi connectivity index (χ1n) is 6.25. The van der Waals surface area contributed by atoms with Crippen LogP contribution in [-0.4, -0.2) is 24.5 Å². The maximum atomic E-state index is 12.0. The van der Waals surface area contributed by atoms with Crippen LogP contribution >= 0.6 is 0 Å². The predicted molar refractivity (Wildman–Crippen MR) is 78.4 cm³/mol. The summed E-state index contributed by atoms with van der Waals surface area (Å²) >= 11 is 0. The van der Waals surface area contributed by atoms with E-state index in [1.54, 1.807) is 30.5 Å². The van der Waals surface area contributed by atoms with Gasteiger partial charge in [-0.3, -0.25) is 0 Å². The van der Waals surface area contributed by atoms with Crippen LogP contribution in [0.25, 0.3) is 0 Å². The van der Waals surface area contributed by atoms with Crippen molar-refractivity contribution in [1.29, 1.82) is 0 Å². The average molecular weight is 294 g/mol. The highest BCUT2D eigenvalue weighted by molar-refractivity contribution is 7.88. The maximum Gasteiger partial charge on any atom is 0.215 e. The van der Waals surface area contributed by atoms with Crippen LogP contribution in [-0.2, 0) is 29.2 Å². The van der Waals surface area contributed by atoms with Crippen LogP contribution in [0.5, 0.6) is 0 Å². The van der Waals surface area contributed by atoms with Crippen molar-refractivity contribution in [2.24, 2.45) is 7.05 Å². The molecule has 0 radical (unpaired) electrons. The first-order valence-corrected chi connectivity index (χ1v) is 7.90. The number of nitrogens with zero attached hydrogens (tertiary/aromatic N) is 2. The predicted octanol–water partition coefficient (Wildman–Crippen LogP) is 0.664. The molecule has 0 aliphatic carbocycles. The summed E-state index contributed by atoms with van der Waals surface area (Å²) in [5.74, 6) is 0.729. The molecule has 1 aromatic carbocycles. The maximum absolute atomic E-state index is 12.0. The summed E-state index contributed by atoms with van der Waals surface area (Å²) in [6.07, 6.45) is 4.07. The molecule has 0 saturated heterocycles. The van der Waals surface area contributed by atoms with Gasteiger partial charge >= 0.3 is 0 Å². The molecule has 1 aromatic heterocycles. The first kappa shape index (κ1) is 14.5. The number of rotatable bonds is 6. The number of para-hydroxylation sites is 1. The van der Waals surface area contributed by atoms with Gasteiger partial charge in [0.1, 0.15) is 5.82 Å². The molecule has 0 aliphatic rings. The fourth-order valence-corrected chi connectivity index (χ4v) is 3.06. The van der Waals surface area contributed by atoms with E-state index in [-0.39, 0.29) is 5.75 Å². The highest BCUT2D eigenvalue weighted by Gasteiger charge is 2.13. The molecule has 0 atom stereocenters. The largest absolute Gasteiger partial charge is 0.398 e. The molecule has 2 aromatic rings. The van der Waals surface area contributed by atoms with Crippen molar-refractivity contribution in [2.45, 2.75) is 12.2 Å². The highest BCUT2D eigenvalue weighted by atomic mass is 32.2. The van der Waals surface area contributed by atoms with Gasteiger partial charge in [0.2, 0.25) is 10.0 Å². The van der Waals surface area contributed by atoms with E-state index in [0.717, 1.165) is 5.82 Å². The lowest BCUT2D eigenvalue weighted by atomic mass is 10.2. The van der Waals surface area contributed by atoms with Crippen molar-refractivity contribution in [3.05, 3.63) is 48.0 Å². The topological polar surface area (TPSA) is 90.0 Å². The molecule has 20 heavy (non-hydrogen) atoms. The van der Waals surface area contributed by atoms with Gasteiger partial charge in [-0.1, -0.05) is 18.2 Å². The molecule has 108 valence electrons. The second-order valence-corrected chi connectivity index (χ2v) is 6.36. The second kappa shape index (κ2) is 6.06. The van der Waals surface area contributed by atoms with Crippen molar-refractivity contribution in [3.8, 4) is 0 Å². The molecule has 6 nitrogen and oxygen atoms in total. The third-order valence-electron chi connectivity index (χ3n) is 2.99. The van der Waals surface area contributed by atoms with E-state index in [4.69, 9.17) is 5.73 Å². The standard InChI is InChI=1S/C13H18N4O2S/c1-17-9-8-15-13(17)6-7-16-20(18,19)10-11-4-2-3-5-12(11)14/h2-5,8-9,16H,6-7,10,14H2,1H3. The number of aromatic nitrogens is 2. The van der Waals surface area contributed by atoms with E-state index in [0.29, 0.717) is 24.2 Å². The second-order valence-electron chi connectivity index (χ2n) is 4.56. The number of benzene rings is 1. The van der Waals surface area contributed by atoms with Crippen LogP contribution in [0.3, 0.4) is 0 Å². The monoisotopic (exact) mass is 294 g/mol. The summed E-state index contributed by atoms with van der Waals surface area (Å²) in [6, 6.07) is 6.96. The normalized spacial score (nSPS) is 11.7. The number of hydrogen-bond acceptors (Lipinski definition) is 4. The molecule has 1 heterocycles. The molecular weight excluding hydrogens is 276 g/mol. The SMILES string of the molecule is Cn1ccnc1CCNS(=O)(=O)Cc1ccccc1N. The summed E-state index contributed by atoms with van der Waals surface area (Å²) < 4.78 is 28.4. The lowest BCUT2D eigenvalue weighted by Crippen LogP contribution is -2.28. The zero-order valence-corrected chi connectivity index (χ0v) is 12.1. The third-order valence-corrected chi connectivity index (χ3v) is 4.33. The van der Waals surface area contributed by atoms with Crippen molar-refractivity contribution in [1.82, 2.24) is 14.3 Å². The van der Waals surface area contributed by atoms with Gasteiger partial charge in [-0.05, 0) is 11.6 Å². The molecule has 0 spiro atoms. The molecule has 0 aliphatic heterocycles.